The third kappa shape index (κ3) is 5.92. The fraction of sp³-hybridized carbons (Fsp3) is 0.385. The molecule has 0 heterocycles. The van der Waals surface area contributed by atoms with Gasteiger partial charge in [0.05, 0.1) is 12.4 Å². The van der Waals surface area contributed by atoms with Gasteiger partial charge in [0, 0.05) is 0 Å². The molecule has 1 aromatic carbocycles. The second-order valence-corrected chi connectivity index (χ2v) is 3.59. The molecule has 0 aliphatic carbocycles. The van der Waals surface area contributed by atoms with Crippen molar-refractivity contribution in [2.24, 2.45) is 0 Å². The van der Waals surface area contributed by atoms with Gasteiger partial charge in [-0.05, 0) is 31.4 Å². The van der Waals surface area contributed by atoms with Gasteiger partial charge in [0.1, 0.15) is 6.61 Å². The summed E-state index contributed by atoms with van der Waals surface area (Å²) in [4.78, 5) is 0. The first-order chi connectivity index (χ1) is 7.29. The van der Waals surface area contributed by atoms with E-state index < -0.39 is 0 Å². The molecule has 0 amide bonds. The molecule has 0 bridgehead atoms. The Morgan fingerprint density at radius 1 is 1.33 bits per heavy atom. The third-order valence-corrected chi connectivity index (χ3v) is 2.04. The van der Waals surface area contributed by atoms with Crippen molar-refractivity contribution in [3.63, 3.8) is 0 Å². The van der Waals surface area contributed by atoms with Crippen molar-refractivity contribution in [1.82, 2.24) is 0 Å². The molecule has 1 aromatic rings. The minimum atomic E-state index is -0.233. The highest BCUT2D eigenvalue weighted by Crippen LogP contribution is 2.01. The van der Waals surface area contributed by atoms with Gasteiger partial charge in [-0.2, -0.15) is 0 Å². The van der Waals surface area contributed by atoms with Crippen molar-refractivity contribution < 1.29 is 9.84 Å². The molecule has 0 aromatic heterocycles. The van der Waals surface area contributed by atoms with E-state index in [1.54, 1.807) is 13.2 Å². The van der Waals surface area contributed by atoms with Crippen LogP contribution in [0.25, 0.3) is 0 Å². The largest absolute Gasteiger partial charge is 0.497 e. The SMILES string of the molecule is CC(O)CC/C=C/OCc1ccccc1. The molecule has 2 nitrogen and oxygen atoms in total. The number of ether oxygens (including phenoxy) is 1. The molecular weight excluding hydrogens is 188 g/mol. The predicted octanol–water partition coefficient (Wildman–Crippen LogP) is 2.88. The molecule has 15 heavy (non-hydrogen) atoms. The molecule has 0 radical (unpaired) electrons. The molecule has 1 N–H and O–H groups in total. The topological polar surface area (TPSA) is 29.5 Å². The summed E-state index contributed by atoms with van der Waals surface area (Å²) < 4.78 is 5.34. The van der Waals surface area contributed by atoms with Crippen molar-refractivity contribution in [3.05, 3.63) is 48.2 Å². The lowest BCUT2D eigenvalue weighted by Crippen LogP contribution is -1.96. The van der Waals surface area contributed by atoms with Gasteiger partial charge in [-0.3, -0.25) is 0 Å². The lowest BCUT2D eigenvalue weighted by Gasteiger charge is -2.01. The van der Waals surface area contributed by atoms with Crippen molar-refractivity contribution in [2.45, 2.75) is 32.5 Å². The lowest BCUT2D eigenvalue weighted by atomic mass is 10.2. The first-order valence-corrected chi connectivity index (χ1v) is 5.27. The van der Waals surface area contributed by atoms with Gasteiger partial charge in [-0.15, -0.1) is 0 Å². The highest BCUT2D eigenvalue weighted by molar-refractivity contribution is 5.13. The number of rotatable bonds is 6. The zero-order chi connectivity index (χ0) is 10.9. The van der Waals surface area contributed by atoms with Crippen molar-refractivity contribution in [2.75, 3.05) is 0 Å². The molecular formula is C13H18O2. The maximum atomic E-state index is 9.01. The summed E-state index contributed by atoms with van der Waals surface area (Å²) in [6.45, 7) is 2.39. The number of aliphatic hydroxyl groups excluding tert-OH is 1. The van der Waals surface area contributed by atoms with E-state index >= 15 is 0 Å². The maximum absolute atomic E-state index is 9.01. The van der Waals surface area contributed by atoms with Crippen LogP contribution in [0.1, 0.15) is 25.3 Å². The van der Waals surface area contributed by atoms with E-state index in [4.69, 9.17) is 9.84 Å². The predicted molar refractivity (Wildman–Crippen MR) is 61.3 cm³/mol. The quantitative estimate of drug-likeness (QED) is 0.725. The first-order valence-electron chi connectivity index (χ1n) is 5.27. The molecule has 82 valence electrons. The Morgan fingerprint density at radius 3 is 2.73 bits per heavy atom. The van der Waals surface area contributed by atoms with E-state index in [0.29, 0.717) is 6.61 Å². The van der Waals surface area contributed by atoms with Crippen LogP contribution in [0.3, 0.4) is 0 Å². The fourth-order valence-electron chi connectivity index (χ4n) is 1.19. The zero-order valence-corrected chi connectivity index (χ0v) is 9.10. The number of aliphatic hydroxyl groups is 1. The molecule has 0 aliphatic heterocycles. The van der Waals surface area contributed by atoms with Gasteiger partial charge < -0.3 is 9.84 Å². The number of hydrogen-bond acceptors (Lipinski definition) is 2. The van der Waals surface area contributed by atoms with Gasteiger partial charge in [0.15, 0.2) is 0 Å². The summed E-state index contributed by atoms with van der Waals surface area (Å²) in [5.74, 6) is 0. The van der Waals surface area contributed by atoms with Gasteiger partial charge in [-0.1, -0.05) is 30.3 Å². The Morgan fingerprint density at radius 2 is 2.07 bits per heavy atom. The molecule has 1 atom stereocenters. The van der Waals surface area contributed by atoms with Gasteiger partial charge >= 0.3 is 0 Å². The average molecular weight is 206 g/mol. The van der Waals surface area contributed by atoms with Crippen LogP contribution in [-0.2, 0) is 11.3 Å². The summed E-state index contributed by atoms with van der Waals surface area (Å²) in [7, 11) is 0. The van der Waals surface area contributed by atoms with Crippen LogP contribution >= 0.6 is 0 Å². The summed E-state index contributed by atoms with van der Waals surface area (Å²) in [5.41, 5.74) is 1.16. The molecule has 0 aliphatic rings. The number of benzene rings is 1. The van der Waals surface area contributed by atoms with Crippen LogP contribution < -0.4 is 0 Å². The Balaban J connectivity index is 2.11. The molecule has 2 heteroatoms. The van der Waals surface area contributed by atoms with Crippen LogP contribution in [-0.4, -0.2) is 11.2 Å². The van der Waals surface area contributed by atoms with E-state index in [-0.39, 0.29) is 6.10 Å². The average Bonchev–Trinajstić information content (AvgIpc) is 2.24. The lowest BCUT2D eigenvalue weighted by molar-refractivity contribution is 0.185. The van der Waals surface area contributed by atoms with Gasteiger partial charge in [0.25, 0.3) is 0 Å². The van der Waals surface area contributed by atoms with Gasteiger partial charge in [0.2, 0.25) is 0 Å². The maximum Gasteiger partial charge on any atom is 0.112 e. The molecule has 0 saturated carbocycles. The molecule has 1 unspecified atom stereocenters. The zero-order valence-electron chi connectivity index (χ0n) is 9.10. The van der Waals surface area contributed by atoms with Crippen LogP contribution in [0.2, 0.25) is 0 Å². The number of hydrogen-bond donors (Lipinski definition) is 1. The van der Waals surface area contributed by atoms with E-state index in [0.717, 1.165) is 18.4 Å². The Kier molecular flexibility index (Phi) is 5.56. The second-order valence-electron chi connectivity index (χ2n) is 3.59. The standard InChI is InChI=1S/C13H18O2/c1-12(14)7-5-6-10-15-11-13-8-3-2-4-9-13/h2-4,6,8-10,12,14H,5,7,11H2,1H3/b10-6+. The molecule has 0 fully saturated rings. The van der Waals surface area contributed by atoms with Crippen molar-refractivity contribution in [3.8, 4) is 0 Å². The van der Waals surface area contributed by atoms with E-state index in [1.165, 1.54) is 0 Å². The first kappa shape index (κ1) is 11.8. The second kappa shape index (κ2) is 7.07. The minimum absolute atomic E-state index is 0.233. The highest BCUT2D eigenvalue weighted by atomic mass is 16.5. The van der Waals surface area contributed by atoms with Crippen molar-refractivity contribution >= 4 is 0 Å². The Bertz CT molecular complexity index is 278. The number of allylic oxidation sites excluding steroid dienone is 1. The normalized spacial score (nSPS) is 12.9. The van der Waals surface area contributed by atoms with Gasteiger partial charge in [-0.25, -0.2) is 0 Å². The third-order valence-electron chi connectivity index (χ3n) is 2.04. The Hall–Kier alpha value is -1.28. The smallest absolute Gasteiger partial charge is 0.112 e. The highest BCUT2D eigenvalue weighted by Gasteiger charge is 1.91. The summed E-state index contributed by atoms with van der Waals surface area (Å²) in [5, 5.41) is 9.01. The molecule has 0 saturated heterocycles. The van der Waals surface area contributed by atoms with Crippen LogP contribution in [0.4, 0.5) is 0 Å². The van der Waals surface area contributed by atoms with Crippen molar-refractivity contribution in [1.29, 1.82) is 0 Å². The molecule has 1 rings (SSSR count). The van der Waals surface area contributed by atoms with Crippen LogP contribution in [0.15, 0.2) is 42.7 Å². The Labute approximate surface area is 91.2 Å². The van der Waals surface area contributed by atoms with E-state index in [9.17, 15) is 0 Å². The van der Waals surface area contributed by atoms with Crippen LogP contribution in [0, 0.1) is 0 Å². The monoisotopic (exact) mass is 206 g/mol. The minimum Gasteiger partial charge on any atom is -0.497 e. The molecule has 0 spiro atoms. The fourth-order valence-corrected chi connectivity index (χ4v) is 1.19. The summed E-state index contributed by atoms with van der Waals surface area (Å²) in [6, 6.07) is 10.0. The van der Waals surface area contributed by atoms with E-state index in [2.05, 4.69) is 0 Å². The van der Waals surface area contributed by atoms with Crippen LogP contribution in [0.5, 0.6) is 0 Å². The summed E-state index contributed by atoms with van der Waals surface area (Å²) >= 11 is 0. The van der Waals surface area contributed by atoms with E-state index in [1.807, 2.05) is 36.4 Å². The summed E-state index contributed by atoms with van der Waals surface area (Å²) in [6.07, 6.45) is 5.05.